The number of rotatable bonds is 2. The molecule has 0 saturated heterocycles. The number of aromatic nitrogens is 1. The van der Waals surface area contributed by atoms with E-state index in [9.17, 15) is 0 Å². The van der Waals surface area contributed by atoms with E-state index < -0.39 is 0 Å². The summed E-state index contributed by atoms with van der Waals surface area (Å²) >= 11 is 0. The van der Waals surface area contributed by atoms with E-state index in [-0.39, 0.29) is 24.8 Å². The molecule has 0 unspecified atom stereocenters. The predicted molar refractivity (Wildman–Crippen MR) is 97.8 cm³/mol. The highest BCUT2D eigenvalue weighted by atomic mass is 35.5. The second-order valence-corrected chi connectivity index (χ2v) is 4.71. The van der Waals surface area contributed by atoms with Crippen molar-refractivity contribution < 1.29 is 0 Å². The zero-order valence-electron chi connectivity index (χ0n) is 12.1. The van der Waals surface area contributed by atoms with Gasteiger partial charge in [-0.05, 0) is 37.3 Å². The smallest absolute Gasteiger partial charge is 0.132 e. The molecule has 0 amide bonds. The number of amidine groups is 1. The molecule has 0 aliphatic carbocycles. The van der Waals surface area contributed by atoms with Crippen molar-refractivity contribution in [2.45, 2.75) is 6.92 Å². The third-order valence-corrected chi connectivity index (χ3v) is 3.18. The van der Waals surface area contributed by atoms with Gasteiger partial charge in [0.25, 0.3) is 0 Å². The minimum absolute atomic E-state index is 0. The zero-order valence-corrected chi connectivity index (χ0v) is 13.7. The van der Waals surface area contributed by atoms with Gasteiger partial charge in [-0.3, -0.25) is 4.98 Å². The van der Waals surface area contributed by atoms with Crippen LogP contribution in [0.2, 0.25) is 0 Å². The van der Waals surface area contributed by atoms with E-state index in [1.54, 1.807) is 6.20 Å². The molecule has 5 heteroatoms. The lowest BCUT2D eigenvalue weighted by atomic mass is 10.1. The number of aliphatic imine (C=N–C) groups is 1. The molecule has 0 aliphatic rings. The number of nitrogens with two attached hydrogens (primary N) is 1. The van der Waals surface area contributed by atoms with Crippen molar-refractivity contribution >= 4 is 47.2 Å². The van der Waals surface area contributed by atoms with Gasteiger partial charge in [-0.2, -0.15) is 0 Å². The highest BCUT2D eigenvalue weighted by Crippen LogP contribution is 2.19. The predicted octanol–water partition coefficient (Wildman–Crippen LogP) is 4.42. The van der Waals surface area contributed by atoms with E-state index in [0.717, 1.165) is 22.2 Å². The Kier molecular flexibility index (Phi) is 6.35. The summed E-state index contributed by atoms with van der Waals surface area (Å²) in [6.07, 6.45) is 1.76. The minimum Gasteiger partial charge on any atom is -0.383 e. The number of benzene rings is 2. The highest BCUT2D eigenvalue weighted by molar-refractivity contribution is 6.09. The molecule has 2 N–H and O–H groups in total. The first-order chi connectivity index (χ1) is 9.74. The van der Waals surface area contributed by atoms with Gasteiger partial charge in [0, 0.05) is 17.1 Å². The molecule has 0 bridgehead atoms. The maximum atomic E-state index is 6.17. The lowest BCUT2D eigenvalue weighted by Gasteiger charge is -2.06. The summed E-state index contributed by atoms with van der Waals surface area (Å²) < 4.78 is 0. The third-order valence-electron chi connectivity index (χ3n) is 3.18. The molecule has 1 aromatic heterocycles. The molecule has 0 spiro atoms. The number of aryl methyl sites for hydroxylation is 1. The van der Waals surface area contributed by atoms with Crippen molar-refractivity contribution in [3.63, 3.8) is 0 Å². The first kappa shape index (κ1) is 18.0. The summed E-state index contributed by atoms with van der Waals surface area (Å²) in [5.41, 5.74) is 10.0. The van der Waals surface area contributed by atoms with Crippen LogP contribution in [-0.4, -0.2) is 10.8 Å². The van der Waals surface area contributed by atoms with Crippen LogP contribution in [0.15, 0.2) is 65.8 Å². The van der Waals surface area contributed by atoms with Crippen molar-refractivity contribution in [1.29, 1.82) is 0 Å². The number of pyridine rings is 1. The van der Waals surface area contributed by atoms with Crippen LogP contribution < -0.4 is 5.73 Å². The van der Waals surface area contributed by atoms with Crippen molar-refractivity contribution in [3.05, 3.63) is 71.9 Å². The molecule has 3 nitrogen and oxygen atoms in total. The summed E-state index contributed by atoms with van der Waals surface area (Å²) in [5, 5.41) is 1.03. The zero-order chi connectivity index (χ0) is 13.9. The molecule has 0 atom stereocenters. The number of hydrogen-bond acceptors (Lipinski definition) is 2. The molecule has 1 heterocycles. The van der Waals surface area contributed by atoms with Crippen LogP contribution in [0.25, 0.3) is 10.9 Å². The van der Waals surface area contributed by atoms with Gasteiger partial charge in [0.15, 0.2) is 0 Å². The van der Waals surface area contributed by atoms with E-state index in [1.807, 2.05) is 48.5 Å². The molecule has 0 fully saturated rings. The van der Waals surface area contributed by atoms with Crippen LogP contribution in [0, 0.1) is 6.92 Å². The lowest BCUT2D eigenvalue weighted by molar-refractivity contribution is 1.37. The Bertz CT molecular complexity index is 786. The Morgan fingerprint density at radius 1 is 1.00 bits per heavy atom. The van der Waals surface area contributed by atoms with Gasteiger partial charge in [-0.1, -0.05) is 29.8 Å². The normalized spacial score (nSPS) is 10.7. The van der Waals surface area contributed by atoms with E-state index in [4.69, 9.17) is 5.73 Å². The van der Waals surface area contributed by atoms with Crippen molar-refractivity contribution in [3.8, 4) is 0 Å². The first-order valence-corrected chi connectivity index (χ1v) is 6.49. The fraction of sp³-hybridized carbons (Fsp3) is 0.0588. The Balaban J connectivity index is 0.00000121. The van der Waals surface area contributed by atoms with Crippen LogP contribution in [0.4, 0.5) is 5.69 Å². The van der Waals surface area contributed by atoms with Crippen LogP contribution in [0.1, 0.15) is 11.1 Å². The number of para-hydroxylation sites is 1. The highest BCUT2D eigenvalue weighted by Gasteiger charge is 2.06. The maximum absolute atomic E-state index is 6.17. The van der Waals surface area contributed by atoms with Gasteiger partial charge in [-0.15, -0.1) is 24.8 Å². The van der Waals surface area contributed by atoms with Crippen molar-refractivity contribution in [1.82, 2.24) is 4.98 Å². The molecule has 0 radical (unpaired) electrons. The van der Waals surface area contributed by atoms with Crippen LogP contribution in [0.5, 0.6) is 0 Å². The lowest BCUT2D eigenvalue weighted by Crippen LogP contribution is -2.13. The average molecular weight is 334 g/mol. The van der Waals surface area contributed by atoms with Gasteiger partial charge in [-0.25, -0.2) is 4.99 Å². The second-order valence-electron chi connectivity index (χ2n) is 4.71. The summed E-state index contributed by atoms with van der Waals surface area (Å²) in [6.45, 7) is 2.06. The van der Waals surface area contributed by atoms with E-state index >= 15 is 0 Å². The standard InChI is InChI=1S/C17H15N3.2ClH/c1-12-7-8-16-15(11-12)14(9-10-19-16)17(18)20-13-5-3-2-4-6-13;;/h2-11H,1H3,(H2,18,20);2*1H. The van der Waals surface area contributed by atoms with Crippen LogP contribution in [0.3, 0.4) is 0 Å². The van der Waals surface area contributed by atoms with Crippen molar-refractivity contribution in [2.75, 3.05) is 0 Å². The molecule has 2 aromatic carbocycles. The Hall–Kier alpha value is -2.10. The van der Waals surface area contributed by atoms with E-state index in [2.05, 4.69) is 23.0 Å². The van der Waals surface area contributed by atoms with Gasteiger partial charge >= 0.3 is 0 Å². The third kappa shape index (κ3) is 3.75. The monoisotopic (exact) mass is 333 g/mol. The fourth-order valence-electron chi connectivity index (χ4n) is 2.19. The summed E-state index contributed by atoms with van der Waals surface area (Å²) in [4.78, 5) is 8.84. The largest absolute Gasteiger partial charge is 0.383 e. The molecular formula is C17H17Cl2N3. The topological polar surface area (TPSA) is 51.3 Å². The van der Waals surface area contributed by atoms with Gasteiger partial charge in [0.1, 0.15) is 5.84 Å². The summed E-state index contributed by atoms with van der Waals surface area (Å²) in [6, 6.07) is 17.8. The Morgan fingerprint density at radius 2 is 1.73 bits per heavy atom. The fourth-order valence-corrected chi connectivity index (χ4v) is 2.19. The minimum atomic E-state index is 0. The molecule has 3 aromatic rings. The van der Waals surface area contributed by atoms with Gasteiger partial charge < -0.3 is 5.73 Å². The van der Waals surface area contributed by atoms with Crippen molar-refractivity contribution in [2.24, 2.45) is 10.7 Å². The van der Waals surface area contributed by atoms with Crippen LogP contribution in [-0.2, 0) is 0 Å². The maximum Gasteiger partial charge on any atom is 0.132 e. The van der Waals surface area contributed by atoms with Gasteiger partial charge in [0.05, 0.1) is 11.2 Å². The number of fused-ring (bicyclic) bond motifs is 1. The Labute approximate surface area is 142 Å². The molecule has 3 rings (SSSR count). The molecule has 0 saturated carbocycles. The molecule has 0 aliphatic heterocycles. The van der Waals surface area contributed by atoms with E-state index in [0.29, 0.717) is 5.84 Å². The number of halogens is 2. The van der Waals surface area contributed by atoms with Gasteiger partial charge in [0.2, 0.25) is 0 Å². The van der Waals surface area contributed by atoms with E-state index in [1.165, 1.54) is 5.56 Å². The SMILES string of the molecule is Cc1ccc2nccc(C(N)=Nc3ccccc3)c2c1.Cl.Cl. The van der Waals surface area contributed by atoms with Crippen LogP contribution >= 0.6 is 24.8 Å². The summed E-state index contributed by atoms with van der Waals surface area (Å²) in [5.74, 6) is 0.509. The average Bonchev–Trinajstić information content (AvgIpc) is 2.47. The molecule has 22 heavy (non-hydrogen) atoms. The molecule has 114 valence electrons. The molecular weight excluding hydrogens is 317 g/mol. The number of nitrogens with zero attached hydrogens (tertiary/aromatic N) is 2. The second kappa shape index (κ2) is 7.78. The quantitative estimate of drug-likeness (QED) is 0.557. The number of hydrogen-bond donors (Lipinski definition) is 1. The first-order valence-electron chi connectivity index (χ1n) is 6.49. The summed E-state index contributed by atoms with van der Waals surface area (Å²) in [7, 11) is 0. The Morgan fingerprint density at radius 3 is 2.45 bits per heavy atom.